The Labute approximate surface area is 213 Å². The zero-order chi connectivity index (χ0) is 24.2. The maximum atomic E-state index is 12.0. The Balaban J connectivity index is 1.33. The second kappa shape index (κ2) is 11.1. The molecular formula is C28H31NO4S2. The number of benzene rings is 3. The van der Waals surface area contributed by atoms with Crippen LogP contribution >= 0.6 is 11.8 Å². The fourth-order valence-corrected chi connectivity index (χ4v) is 6.88. The molecule has 2 unspecified atom stereocenters. The third-order valence-electron chi connectivity index (χ3n) is 6.54. The van der Waals surface area contributed by atoms with Crippen molar-refractivity contribution >= 4 is 33.3 Å². The summed E-state index contributed by atoms with van der Waals surface area (Å²) in [5.41, 5.74) is 1.06. The summed E-state index contributed by atoms with van der Waals surface area (Å²) < 4.78 is 25.3. The molecule has 2 atom stereocenters. The Bertz CT molecular complexity index is 1240. The largest absolute Gasteiger partial charge is 0.508 e. The smallest absolute Gasteiger partial charge is 0.139 e. The quantitative estimate of drug-likeness (QED) is 0.369. The van der Waals surface area contributed by atoms with Crippen LogP contribution in [-0.2, 0) is 10.8 Å². The summed E-state index contributed by atoms with van der Waals surface area (Å²) in [5.74, 6) is 2.56. The fourth-order valence-electron chi connectivity index (χ4n) is 4.69. The molecule has 1 N–H and O–H groups in total. The van der Waals surface area contributed by atoms with Gasteiger partial charge in [-0.15, -0.1) is 11.8 Å². The molecule has 0 radical (unpaired) electrons. The summed E-state index contributed by atoms with van der Waals surface area (Å²) in [6, 6.07) is 17.2. The molecule has 2 aliphatic heterocycles. The molecule has 2 aliphatic rings. The summed E-state index contributed by atoms with van der Waals surface area (Å²) in [4.78, 5) is 2.47. The van der Waals surface area contributed by atoms with E-state index in [1.165, 1.54) is 32.4 Å². The van der Waals surface area contributed by atoms with Gasteiger partial charge in [-0.3, -0.25) is 9.11 Å². The first-order valence-corrected chi connectivity index (χ1v) is 14.6. The second-order valence-electron chi connectivity index (χ2n) is 9.03. The van der Waals surface area contributed by atoms with E-state index in [0.717, 1.165) is 50.8 Å². The number of nitrogens with zero attached hydrogens (tertiary/aromatic N) is 1. The lowest BCUT2D eigenvalue weighted by Crippen LogP contribution is -2.33. The van der Waals surface area contributed by atoms with Crippen LogP contribution in [0.1, 0.15) is 36.5 Å². The third-order valence-corrected chi connectivity index (χ3v) is 9.40. The monoisotopic (exact) mass is 509 g/mol. The number of phenols is 1. The average molecular weight is 510 g/mol. The molecule has 1 saturated heterocycles. The molecule has 3 aromatic rings. The van der Waals surface area contributed by atoms with Gasteiger partial charge in [0.25, 0.3) is 0 Å². The Morgan fingerprint density at radius 3 is 2.54 bits per heavy atom. The SMILES string of the molecule is CS(=O)C1=CCC(c2ccc3cc(O)ccc3c2Oc2ccc(OCCN3CCCCC3)cc2)S1. The lowest BCUT2D eigenvalue weighted by Gasteiger charge is -2.26. The molecule has 0 bridgehead atoms. The molecule has 2 heterocycles. The van der Waals surface area contributed by atoms with E-state index >= 15 is 0 Å². The minimum atomic E-state index is -0.984. The van der Waals surface area contributed by atoms with Gasteiger partial charge in [0.15, 0.2) is 0 Å². The molecule has 0 aromatic heterocycles. The van der Waals surface area contributed by atoms with Gasteiger partial charge in [-0.1, -0.05) is 24.6 Å². The molecule has 184 valence electrons. The van der Waals surface area contributed by atoms with Crippen molar-refractivity contribution < 1.29 is 18.8 Å². The van der Waals surface area contributed by atoms with Gasteiger partial charge in [0, 0.05) is 29.0 Å². The maximum absolute atomic E-state index is 12.0. The summed E-state index contributed by atoms with van der Waals surface area (Å²) >= 11 is 1.64. The van der Waals surface area contributed by atoms with Crippen LogP contribution in [-0.4, -0.2) is 46.7 Å². The van der Waals surface area contributed by atoms with Crippen molar-refractivity contribution in [3.63, 3.8) is 0 Å². The Morgan fingerprint density at radius 2 is 1.80 bits per heavy atom. The van der Waals surface area contributed by atoms with Crippen molar-refractivity contribution in [3.8, 4) is 23.0 Å². The molecule has 5 nitrogen and oxygen atoms in total. The number of piperidine rings is 1. The van der Waals surface area contributed by atoms with Crippen LogP contribution in [0.3, 0.4) is 0 Å². The van der Waals surface area contributed by atoms with E-state index in [0.29, 0.717) is 6.61 Å². The average Bonchev–Trinajstić information content (AvgIpc) is 3.36. The van der Waals surface area contributed by atoms with Crippen molar-refractivity contribution in [2.45, 2.75) is 30.9 Å². The Hall–Kier alpha value is -2.48. The van der Waals surface area contributed by atoms with Gasteiger partial charge < -0.3 is 14.6 Å². The standard InChI is InChI=1S/C28H31NO4S2/c1-35(31)27-14-13-26(34-27)25-11-5-20-19-21(30)6-12-24(20)28(25)33-23-9-7-22(8-10-23)32-18-17-29-15-3-2-4-16-29/h5-12,14,19,26,30H,2-4,13,15-18H2,1H3. The predicted octanol–water partition coefficient (Wildman–Crippen LogP) is 6.60. The second-order valence-corrected chi connectivity index (χ2v) is 11.9. The minimum absolute atomic E-state index is 0.138. The number of likely N-dealkylation sites (tertiary alicyclic amines) is 1. The van der Waals surface area contributed by atoms with Crippen molar-refractivity contribution in [1.29, 1.82) is 0 Å². The lowest BCUT2D eigenvalue weighted by molar-refractivity contribution is 0.183. The van der Waals surface area contributed by atoms with Crippen molar-refractivity contribution in [3.05, 3.63) is 70.5 Å². The highest BCUT2D eigenvalue weighted by Crippen LogP contribution is 2.50. The maximum Gasteiger partial charge on any atom is 0.139 e. The molecule has 0 amide bonds. The molecule has 3 aromatic carbocycles. The van der Waals surface area contributed by atoms with Crippen LogP contribution in [0.5, 0.6) is 23.0 Å². The van der Waals surface area contributed by atoms with Gasteiger partial charge in [0.1, 0.15) is 29.6 Å². The normalized spacial score (nSPS) is 19.5. The summed E-state index contributed by atoms with van der Waals surface area (Å²) in [6.07, 6.45) is 8.50. The zero-order valence-corrected chi connectivity index (χ0v) is 21.6. The van der Waals surface area contributed by atoms with Crippen LogP contribution < -0.4 is 9.47 Å². The molecule has 35 heavy (non-hydrogen) atoms. The first-order chi connectivity index (χ1) is 17.1. The van der Waals surface area contributed by atoms with Gasteiger partial charge in [-0.05, 0) is 80.2 Å². The Kier molecular flexibility index (Phi) is 7.66. The number of rotatable bonds is 8. The van der Waals surface area contributed by atoms with Gasteiger partial charge in [-0.25, -0.2) is 0 Å². The number of phenolic OH excluding ortho intramolecular Hbond substituents is 1. The summed E-state index contributed by atoms with van der Waals surface area (Å²) in [7, 11) is -0.984. The Morgan fingerprint density at radius 1 is 1.03 bits per heavy atom. The van der Waals surface area contributed by atoms with Crippen LogP contribution in [0.25, 0.3) is 10.8 Å². The van der Waals surface area contributed by atoms with Crippen LogP contribution in [0, 0.1) is 0 Å². The van der Waals surface area contributed by atoms with Gasteiger partial charge >= 0.3 is 0 Å². The lowest BCUT2D eigenvalue weighted by atomic mass is 10.0. The predicted molar refractivity (Wildman–Crippen MR) is 145 cm³/mol. The van der Waals surface area contributed by atoms with E-state index in [1.54, 1.807) is 30.2 Å². The van der Waals surface area contributed by atoms with Gasteiger partial charge in [-0.2, -0.15) is 0 Å². The molecule has 7 heteroatoms. The summed E-state index contributed by atoms with van der Waals surface area (Å²) in [6.45, 7) is 3.99. The highest BCUT2D eigenvalue weighted by atomic mass is 32.2. The van der Waals surface area contributed by atoms with Crippen LogP contribution in [0.4, 0.5) is 0 Å². The van der Waals surface area contributed by atoms with E-state index in [1.807, 2.05) is 36.4 Å². The van der Waals surface area contributed by atoms with E-state index in [-0.39, 0.29) is 11.0 Å². The minimum Gasteiger partial charge on any atom is -0.508 e. The topological polar surface area (TPSA) is 59.0 Å². The number of hydrogen-bond donors (Lipinski definition) is 1. The van der Waals surface area contributed by atoms with E-state index in [9.17, 15) is 9.32 Å². The molecule has 0 saturated carbocycles. The number of allylic oxidation sites excluding steroid dienone is 1. The number of ether oxygens (including phenoxy) is 2. The van der Waals surface area contributed by atoms with Gasteiger partial charge in [0.2, 0.25) is 0 Å². The summed E-state index contributed by atoms with van der Waals surface area (Å²) in [5, 5.41) is 12.0. The highest BCUT2D eigenvalue weighted by molar-refractivity contribution is 8.16. The molecule has 0 spiro atoms. The van der Waals surface area contributed by atoms with E-state index < -0.39 is 10.8 Å². The number of fused-ring (bicyclic) bond motifs is 1. The van der Waals surface area contributed by atoms with E-state index in [2.05, 4.69) is 17.0 Å². The fraction of sp³-hybridized carbons (Fsp3) is 0.357. The first-order valence-electron chi connectivity index (χ1n) is 12.2. The molecular weight excluding hydrogens is 478 g/mol. The number of thioether (sulfide) groups is 1. The van der Waals surface area contributed by atoms with Crippen molar-refractivity contribution in [2.75, 3.05) is 32.5 Å². The third kappa shape index (κ3) is 5.85. The van der Waals surface area contributed by atoms with Crippen molar-refractivity contribution in [1.82, 2.24) is 4.90 Å². The van der Waals surface area contributed by atoms with Crippen LogP contribution in [0.15, 0.2) is 64.9 Å². The molecule has 0 aliphatic carbocycles. The molecule has 1 fully saturated rings. The number of aromatic hydroxyl groups is 1. The van der Waals surface area contributed by atoms with E-state index in [4.69, 9.17) is 9.47 Å². The van der Waals surface area contributed by atoms with Crippen molar-refractivity contribution in [2.24, 2.45) is 0 Å². The highest BCUT2D eigenvalue weighted by Gasteiger charge is 2.26. The number of hydrogen-bond acceptors (Lipinski definition) is 6. The molecule has 5 rings (SSSR count). The zero-order valence-electron chi connectivity index (χ0n) is 19.9. The van der Waals surface area contributed by atoms with Crippen LogP contribution in [0.2, 0.25) is 0 Å². The first kappa shape index (κ1) is 24.2. The van der Waals surface area contributed by atoms with Gasteiger partial charge in [0.05, 0.1) is 15.0 Å².